The molecule has 0 aliphatic carbocycles. The minimum Gasteiger partial charge on any atom is -0.280 e. The molecule has 1 N–H and O–H groups in total. The smallest absolute Gasteiger partial charge is 0.280 e. The molecule has 2 aromatic rings. The SMILES string of the molecule is Cc1ccc(NS(=O)(=O)c2ccccc2C(F)(F)F)cc1C(F)(F)F. The van der Waals surface area contributed by atoms with Gasteiger partial charge in [-0.2, -0.15) is 26.3 Å². The van der Waals surface area contributed by atoms with E-state index in [1.165, 1.54) is 6.92 Å². The van der Waals surface area contributed by atoms with E-state index in [1.807, 2.05) is 0 Å². The van der Waals surface area contributed by atoms with Crippen LogP contribution in [0.15, 0.2) is 47.4 Å². The standard InChI is InChI=1S/C15H11F6NO2S/c1-9-6-7-10(8-12(9)15(19,20)21)22-25(23,24)13-5-3-2-4-11(13)14(16,17)18/h2-8,22H,1H3. The van der Waals surface area contributed by atoms with Crippen LogP contribution in [-0.4, -0.2) is 8.42 Å². The molecule has 0 aromatic heterocycles. The highest BCUT2D eigenvalue weighted by Gasteiger charge is 2.37. The van der Waals surface area contributed by atoms with Crippen LogP contribution >= 0.6 is 0 Å². The van der Waals surface area contributed by atoms with Crippen molar-refractivity contribution in [3.05, 3.63) is 59.2 Å². The first-order chi connectivity index (χ1) is 11.3. The van der Waals surface area contributed by atoms with Gasteiger partial charge in [0.15, 0.2) is 0 Å². The van der Waals surface area contributed by atoms with E-state index in [-0.39, 0.29) is 5.56 Å². The van der Waals surface area contributed by atoms with Crippen molar-refractivity contribution < 1.29 is 34.8 Å². The molecule has 0 saturated heterocycles. The lowest BCUT2D eigenvalue weighted by Gasteiger charge is -2.16. The van der Waals surface area contributed by atoms with E-state index in [1.54, 1.807) is 4.72 Å². The van der Waals surface area contributed by atoms with Crippen LogP contribution in [0, 0.1) is 6.92 Å². The Morgan fingerprint density at radius 2 is 1.40 bits per heavy atom. The van der Waals surface area contributed by atoms with Crippen molar-refractivity contribution in [2.75, 3.05) is 4.72 Å². The van der Waals surface area contributed by atoms with E-state index < -0.39 is 44.1 Å². The van der Waals surface area contributed by atoms with Gasteiger partial charge < -0.3 is 0 Å². The van der Waals surface area contributed by atoms with Crippen molar-refractivity contribution in [1.29, 1.82) is 0 Å². The molecule has 2 rings (SSSR count). The van der Waals surface area contributed by atoms with Crippen LogP contribution in [0.5, 0.6) is 0 Å². The zero-order chi connectivity index (χ0) is 19.0. The first-order valence-corrected chi connectivity index (χ1v) is 8.17. The van der Waals surface area contributed by atoms with Gasteiger partial charge in [-0.05, 0) is 36.8 Å². The van der Waals surface area contributed by atoms with Gasteiger partial charge in [0.2, 0.25) is 0 Å². The van der Waals surface area contributed by atoms with Gasteiger partial charge in [0.05, 0.1) is 16.0 Å². The molecule has 2 aromatic carbocycles. The Labute approximate surface area is 139 Å². The van der Waals surface area contributed by atoms with E-state index in [2.05, 4.69) is 0 Å². The predicted molar refractivity (Wildman–Crippen MR) is 78.4 cm³/mol. The molecule has 0 fully saturated rings. The number of halogens is 6. The van der Waals surface area contributed by atoms with Crippen LogP contribution in [0.1, 0.15) is 16.7 Å². The van der Waals surface area contributed by atoms with Gasteiger partial charge in [0, 0.05) is 5.69 Å². The van der Waals surface area contributed by atoms with Crippen LogP contribution in [0.4, 0.5) is 32.0 Å². The number of rotatable bonds is 3. The quantitative estimate of drug-likeness (QED) is 0.772. The average molecular weight is 383 g/mol. The number of hydrogen-bond donors (Lipinski definition) is 1. The maximum atomic E-state index is 12.9. The van der Waals surface area contributed by atoms with E-state index in [0.717, 1.165) is 30.3 Å². The minimum atomic E-state index is -4.93. The number of sulfonamides is 1. The molecular weight excluding hydrogens is 372 g/mol. The van der Waals surface area contributed by atoms with Crippen molar-refractivity contribution in [2.45, 2.75) is 24.2 Å². The number of nitrogens with one attached hydrogen (secondary N) is 1. The largest absolute Gasteiger partial charge is 0.417 e. The third-order valence-corrected chi connectivity index (χ3v) is 4.72. The predicted octanol–water partition coefficient (Wildman–Crippen LogP) is 4.83. The van der Waals surface area contributed by atoms with Crippen molar-refractivity contribution in [3.8, 4) is 0 Å². The van der Waals surface area contributed by atoms with Crippen LogP contribution < -0.4 is 4.72 Å². The van der Waals surface area contributed by atoms with Gasteiger partial charge in [-0.25, -0.2) is 8.42 Å². The summed E-state index contributed by atoms with van der Waals surface area (Å²) in [5.41, 5.74) is -3.14. The topological polar surface area (TPSA) is 46.2 Å². The van der Waals surface area contributed by atoms with E-state index in [4.69, 9.17) is 0 Å². The minimum absolute atomic E-state index is 0.147. The summed E-state index contributed by atoms with van der Waals surface area (Å²) in [6.45, 7) is 1.18. The van der Waals surface area contributed by atoms with Crippen molar-refractivity contribution in [2.24, 2.45) is 0 Å². The molecule has 0 heterocycles. The summed E-state index contributed by atoms with van der Waals surface area (Å²) in [7, 11) is -4.74. The second kappa shape index (κ2) is 6.25. The molecule has 0 atom stereocenters. The highest BCUT2D eigenvalue weighted by Crippen LogP contribution is 2.36. The maximum Gasteiger partial charge on any atom is 0.417 e. The van der Waals surface area contributed by atoms with Gasteiger partial charge >= 0.3 is 12.4 Å². The fourth-order valence-electron chi connectivity index (χ4n) is 2.14. The van der Waals surface area contributed by atoms with E-state index in [0.29, 0.717) is 12.1 Å². The van der Waals surface area contributed by atoms with Crippen LogP contribution in [0.2, 0.25) is 0 Å². The molecule has 0 radical (unpaired) electrons. The zero-order valence-electron chi connectivity index (χ0n) is 12.5. The molecule has 0 aliphatic rings. The number of hydrogen-bond acceptors (Lipinski definition) is 2. The number of benzene rings is 2. The fourth-order valence-corrected chi connectivity index (χ4v) is 3.41. The Hall–Kier alpha value is -2.23. The molecule has 25 heavy (non-hydrogen) atoms. The highest BCUT2D eigenvalue weighted by molar-refractivity contribution is 7.92. The summed E-state index contributed by atoms with van der Waals surface area (Å²) in [6, 6.07) is 5.99. The summed E-state index contributed by atoms with van der Waals surface area (Å²) < 4.78 is 104. The third-order valence-electron chi connectivity index (χ3n) is 3.28. The molecule has 0 aliphatic heterocycles. The molecule has 0 bridgehead atoms. The monoisotopic (exact) mass is 383 g/mol. The maximum absolute atomic E-state index is 12.9. The van der Waals surface area contributed by atoms with Crippen molar-refractivity contribution >= 4 is 15.7 Å². The molecule has 10 heteroatoms. The van der Waals surface area contributed by atoms with Gasteiger partial charge in [0.25, 0.3) is 10.0 Å². The normalized spacial score (nSPS) is 12.9. The van der Waals surface area contributed by atoms with Crippen LogP contribution in [-0.2, 0) is 22.4 Å². The van der Waals surface area contributed by atoms with Gasteiger partial charge in [-0.3, -0.25) is 4.72 Å². The summed E-state index contributed by atoms with van der Waals surface area (Å²) in [5.74, 6) is 0. The Morgan fingerprint density at radius 3 is 1.96 bits per heavy atom. The Balaban J connectivity index is 2.48. The first kappa shape index (κ1) is 19.1. The van der Waals surface area contributed by atoms with Gasteiger partial charge in [-0.1, -0.05) is 18.2 Å². The summed E-state index contributed by atoms with van der Waals surface area (Å²) >= 11 is 0. The highest BCUT2D eigenvalue weighted by atomic mass is 32.2. The summed E-state index contributed by atoms with van der Waals surface area (Å²) in [6.07, 6.45) is -9.66. The number of alkyl halides is 6. The Bertz CT molecular complexity index is 888. The Kier molecular flexibility index (Phi) is 4.77. The molecular formula is C15H11F6NO2S. The lowest BCUT2D eigenvalue weighted by atomic mass is 10.1. The third kappa shape index (κ3) is 4.25. The number of anilines is 1. The van der Waals surface area contributed by atoms with E-state index in [9.17, 15) is 34.8 Å². The Morgan fingerprint density at radius 1 is 0.840 bits per heavy atom. The molecule has 3 nitrogen and oxygen atoms in total. The molecule has 0 saturated carbocycles. The van der Waals surface area contributed by atoms with Crippen molar-refractivity contribution in [1.82, 2.24) is 0 Å². The van der Waals surface area contributed by atoms with E-state index >= 15 is 0 Å². The zero-order valence-corrected chi connectivity index (χ0v) is 13.4. The van der Waals surface area contributed by atoms with Crippen LogP contribution in [0.25, 0.3) is 0 Å². The second-order valence-electron chi connectivity index (χ2n) is 5.13. The lowest BCUT2D eigenvalue weighted by molar-refractivity contribution is -0.140. The fraction of sp³-hybridized carbons (Fsp3) is 0.200. The number of aryl methyl sites for hydroxylation is 1. The molecule has 0 unspecified atom stereocenters. The van der Waals surface area contributed by atoms with Crippen LogP contribution in [0.3, 0.4) is 0 Å². The molecule has 136 valence electrons. The second-order valence-corrected chi connectivity index (χ2v) is 6.78. The van der Waals surface area contributed by atoms with Gasteiger partial charge in [0.1, 0.15) is 0 Å². The lowest BCUT2D eigenvalue weighted by Crippen LogP contribution is -2.19. The van der Waals surface area contributed by atoms with Crippen molar-refractivity contribution in [3.63, 3.8) is 0 Å². The average Bonchev–Trinajstić information content (AvgIpc) is 2.47. The summed E-state index contributed by atoms with van der Waals surface area (Å²) in [5, 5.41) is 0. The first-order valence-electron chi connectivity index (χ1n) is 6.69. The molecule has 0 spiro atoms. The van der Waals surface area contributed by atoms with Gasteiger partial charge in [-0.15, -0.1) is 0 Å². The molecule has 0 amide bonds. The summed E-state index contributed by atoms with van der Waals surface area (Å²) in [4.78, 5) is -1.07.